The van der Waals surface area contributed by atoms with E-state index in [9.17, 15) is 22.8 Å². The number of alkyl halides is 2. The van der Waals surface area contributed by atoms with E-state index in [-0.39, 0.29) is 29.8 Å². The number of nitrogens with one attached hydrogen (secondary N) is 2. The first-order valence-corrected chi connectivity index (χ1v) is 12.4. The second-order valence-corrected chi connectivity index (χ2v) is 10.2. The molecule has 1 aromatic carbocycles. The molecule has 0 spiro atoms. The summed E-state index contributed by atoms with van der Waals surface area (Å²) in [7, 11) is 2.11. The molecule has 2 atom stereocenters. The van der Waals surface area contributed by atoms with Crippen LogP contribution < -0.4 is 16.2 Å². The third-order valence-electron chi connectivity index (χ3n) is 7.91. The zero-order chi connectivity index (χ0) is 24.7. The maximum Gasteiger partial charge on any atom is 0.266 e. The largest absolute Gasteiger partial charge is 0.381 e. The summed E-state index contributed by atoms with van der Waals surface area (Å²) >= 11 is 0. The summed E-state index contributed by atoms with van der Waals surface area (Å²) in [5.41, 5.74) is -0.0389. The number of nitrogens with zero attached hydrogens (tertiary/aromatic N) is 2. The van der Waals surface area contributed by atoms with Crippen molar-refractivity contribution in [2.45, 2.75) is 57.2 Å². The molecule has 2 bridgehead atoms. The third-order valence-corrected chi connectivity index (χ3v) is 7.91. The molecule has 2 heterocycles. The smallest absolute Gasteiger partial charge is 0.266 e. The molecule has 2 aromatic rings. The number of carbonyl (C=O) groups excluding carboxylic acids is 1. The highest BCUT2D eigenvalue weighted by Gasteiger charge is 2.41. The Morgan fingerprint density at radius 1 is 1.14 bits per heavy atom. The van der Waals surface area contributed by atoms with Gasteiger partial charge >= 0.3 is 0 Å². The van der Waals surface area contributed by atoms with Gasteiger partial charge in [-0.2, -0.15) is 0 Å². The van der Waals surface area contributed by atoms with Crippen LogP contribution >= 0.6 is 0 Å². The molecule has 2 aliphatic carbocycles. The van der Waals surface area contributed by atoms with E-state index in [2.05, 4.69) is 22.6 Å². The van der Waals surface area contributed by atoms with Gasteiger partial charge in [-0.3, -0.25) is 9.59 Å². The molecule has 188 valence electrons. The maximum absolute atomic E-state index is 14.5. The Labute approximate surface area is 202 Å². The number of benzene rings is 1. The minimum atomic E-state index is -2.93. The quantitative estimate of drug-likeness (QED) is 0.609. The number of likely N-dealkylation sites (tertiary alicyclic amines) is 1. The molecule has 1 amide bonds. The van der Waals surface area contributed by atoms with Gasteiger partial charge in [0.25, 0.3) is 17.9 Å². The molecular formula is C26H31F3N4O2. The van der Waals surface area contributed by atoms with Gasteiger partial charge in [-0.25, -0.2) is 13.2 Å². The van der Waals surface area contributed by atoms with Crippen molar-refractivity contribution in [3.05, 3.63) is 63.3 Å². The number of carbonyl (C=O) groups is 1. The molecule has 3 fully saturated rings. The van der Waals surface area contributed by atoms with Crippen molar-refractivity contribution in [3.63, 3.8) is 0 Å². The minimum absolute atomic E-state index is 0.00802. The topological polar surface area (TPSA) is 66.4 Å². The van der Waals surface area contributed by atoms with Crippen molar-refractivity contribution in [2.24, 2.45) is 11.8 Å². The summed E-state index contributed by atoms with van der Waals surface area (Å²) < 4.78 is 42.2. The van der Waals surface area contributed by atoms with Crippen LogP contribution in [0.5, 0.6) is 0 Å². The lowest BCUT2D eigenvalue weighted by molar-refractivity contribution is 0.0949. The molecule has 1 saturated heterocycles. The molecule has 1 aromatic heterocycles. The van der Waals surface area contributed by atoms with Gasteiger partial charge in [0.1, 0.15) is 5.82 Å². The molecule has 0 radical (unpaired) electrons. The van der Waals surface area contributed by atoms with E-state index in [0.29, 0.717) is 23.1 Å². The van der Waals surface area contributed by atoms with Gasteiger partial charge in [0.2, 0.25) is 0 Å². The monoisotopic (exact) mass is 488 g/mol. The zero-order valence-corrected chi connectivity index (χ0v) is 19.8. The number of anilines is 1. The van der Waals surface area contributed by atoms with E-state index >= 15 is 0 Å². The fraction of sp³-hybridized carbons (Fsp3) is 0.538. The summed E-state index contributed by atoms with van der Waals surface area (Å²) in [6.07, 6.45) is 3.69. The Morgan fingerprint density at radius 2 is 1.86 bits per heavy atom. The number of pyridine rings is 1. The number of fused-ring (bicyclic) bond motifs is 2. The highest BCUT2D eigenvalue weighted by atomic mass is 19.3. The van der Waals surface area contributed by atoms with Crippen LogP contribution in [0.25, 0.3) is 0 Å². The van der Waals surface area contributed by atoms with Crippen LogP contribution in [-0.2, 0) is 6.54 Å². The van der Waals surface area contributed by atoms with Crippen LogP contribution in [0.2, 0.25) is 0 Å². The second kappa shape index (κ2) is 9.68. The number of halogens is 3. The first kappa shape index (κ1) is 23.9. The summed E-state index contributed by atoms with van der Waals surface area (Å²) in [5, 5.41) is 6.19. The van der Waals surface area contributed by atoms with Gasteiger partial charge < -0.3 is 20.1 Å². The van der Waals surface area contributed by atoms with E-state index < -0.39 is 23.7 Å². The highest BCUT2D eigenvalue weighted by molar-refractivity contribution is 5.99. The molecule has 1 aliphatic heterocycles. The van der Waals surface area contributed by atoms with E-state index in [4.69, 9.17) is 0 Å². The Kier molecular flexibility index (Phi) is 6.61. The van der Waals surface area contributed by atoms with Crippen LogP contribution in [-0.4, -0.2) is 41.6 Å². The van der Waals surface area contributed by atoms with Gasteiger partial charge in [0.05, 0.1) is 16.8 Å². The third kappa shape index (κ3) is 4.70. The molecule has 3 aliphatic rings. The van der Waals surface area contributed by atoms with Crippen molar-refractivity contribution in [1.29, 1.82) is 0 Å². The van der Waals surface area contributed by atoms with Crippen LogP contribution in [0, 0.1) is 17.7 Å². The van der Waals surface area contributed by atoms with Gasteiger partial charge in [-0.1, -0.05) is 18.2 Å². The van der Waals surface area contributed by atoms with Crippen molar-refractivity contribution < 1.29 is 18.0 Å². The zero-order valence-electron chi connectivity index (χ0n) is 19.8. The first-order chi connectivity index (χ1) is 16.8. The van der Waals surface area contributed by atoms with Gasteiger partial charge in [-0.05, 0) is 51.0 Å². The summed E-state index contributed by atoms with van der Waals surface area (Å²) in [6.45, 7) is 1.70. The molecule has 6 nitrogen and oxygen atoms in total. The Morgan fingerprint density at radius 3 is 2.49 bits per heavy atom. The van der Waals surface area contributed by atoms with E-state index in [1.54, 1.807) is 10.8 Å². The molecule has 5 rings (SSSR count). The van der Waals surface area contributed by atoms with Crippen molar-refractivity contribution in [1.82, 2.24) is 14.8 Å². The summed E-state index contributed by atoms with van der Waals surface area (Å²) in [6, 6.07) is 5.53. The van der Waals surface area contributed by atoms with E-state index in [1.165, 1.54) is 18.2 Å². The van der Waals surface area contributed by atoms with Crippen LogP contribution in [0.4, 0.5) is 18.9 Å². The standard InChI is InChI=1S/C26H31F3N4O2/c1-32-12-16-8-9-17(13-32)24(16)31-21-10-22(34)33(18-5-3-6-18)14-20(21)26(35)30-11-15-4-2-7-19(23(15)27)25(28)29/h2,4,7,10,14,16-18,24-25,31H,3,5-6,8-9,11-13H2,1H3,(H,30,35). The molecule has 2 N–H and O–H groups in total. The van der Waals surface area contributed by atoms with Crippen LogP contribution in [0.3, 0.4) is 0 Å². The van der Waals surface area contributed by atoms with E-state index in [0.717, 1.165) is 51.3 Å². The van der Waals surface area contributed by atoms with Gasteiger partial charge in [0.15, 0.2) is 0 Å². The lowest BCUT2D eigenvalue weighted by Crippen LogP contribution is -2.46. The number of hydrogen-bond donors (Lipinski definition) is 2. The number of piperidine rings is 1. The predicted octanol–water partition coefficient (Wildman–Crippen LogP) is 4.33. The van der Waals surface area contributed by atoms with Gasteiger partial charge in [0, 0.05) is 49.5 Å². The fourth-order valence-corrected chi connectivity index (χ4v) is 5.85. The average Bonchev–Trinajstić information content (AvgIpc) is 3.01. The maximum atomic E-state index is 14.5. The highest BCUT2D eigenvalue weighted by Crippen LogP contribution is 2.39. The fourth-order valence-electron chi connectivity index (χ4n) is 5.85. The SMILES string of the molecule is CN1CC2CCC(C1)C2Nc1cc(=O)n(C2CCC2)cc1C(=O)NCc1cccc(C(F)F)c1F. The number of aromatic nitrogens is 1. The molecule has 2 unspecified atom stereocenters. The second-order valence-electron chi connectivity index (χ2n) is 10.2. The molecular weight excluding hydrogens is 457 g/mol. The average molecular weight is 489 g/mol. The Bertz CT molecular complexity index is 1150. The lowest BCUT2D eigenvalue weighted by atomic mass is 9.91. The van der Waals surface area contributed by atoms with Gasteiger partial charge in [-0.15, -0.1) is 0 Å². The molecule has 35 heavy (non-hydrogen) atoms. The Balaban J connectivity index is 1.41. The van der Waals surface area contributed by atoms with Crippen molar-refractivity contribution in [2.75, 3.05) is 25.5 Å². The van der Waals surface area contributed by atoms with Crippen LogP contribution in [0.1, 0.15) is 66.1 Å². The lowest BCUT2D eigenvalue weighted by Gasteiger charge is -2.37. The number of amides is 1. The van der Waals surface area contributed by atoms with Crippen molar-refractivity contribution in [3.8, 4) is 0 Å². The predicted molar refractivity (Wildman–Crippen MR) is 127 cm³/mol. The summed E-state index contributed by atoms with van der Waals surface area (Å²) in [5.74, 6) is -0.601. The van der Waals surface area contributed by atoms with Crippen LogP contribution in [0.15, 0.2) is 35.3 Å². The molecule has 9 heteroatoms. The molecule has 2 saturated carbocycles. The van der Waals surface area contributed by atoms with E-state index in [1.807, 2.05) is 0 Å². The minimum Gasteiger partial charge on any atom is -0.381 e. The Hall–Kier alpha value is -2.81. The number of hydrogen-bond acceptors (Lipinski definition) is 4. The summed E-state index contributed by atoms with van der Waals surface area (Å²) in [4.78, 5) is 28.5. The number of rotatable bonds is 7. The first-order valence-electron chi connectivity index (χ1n) is 12.4. The van der Waals surface area contributed by atoms with Crippen molar-refractivity contribution >= 4 is 11.6 Å². The normalized spacial score (nSPS) is 24.4.